The number of hydrogen-bond acceptors (Lipinski definition) is 3. The van der Waals surface area contributed by atoms with Crippen LogP contribution in [-0.4, -0.2) is 16.0 Å². The summed E-state index contributed by atoms with van der Waals surface area (Å²) in [6.45, 7) is 3.55. The van der Waals surface area contributed by atoms with Gasteiger partial charge in [0.05, 0.1) is 11.4 Å². The van der Waals surface area contributed by atoms with Crippen LogP contribution in [0.25, 0.3) is 0 Å². The molecule has 0 amide bonds. The van der Waals surface area contributed by atoms with E-state index >= 15 is 0 Å². The maximum Gasteiger partial charge on any atom is 0.169 e. The first-order valence-corrected chi connectivity index (χ1v) is 5.65. The predicted molar refractivity (Wildman–Crippen MR) is 65.9 cm³/mol. The van der Waals surface area contributed by atoms with E-state index in [1.807, 2.05) is 0 Å². The molecule has 0 unspecified atom stereocenters. The summed E-state index contributed by atoms with van der Waals surface area (Å²) in [4.78, 5) is 12.1. The first-order chi connectivity index (χ1) is 8.56. The highest BCUT2D eigenvalue weighted by Crippen LogP contribution is 2.11. The minimum atomic E-state index is -0.302. The van der Waals surface area contributed by atoms with Crippen LogP contribution < -0.4 is 0 Å². The van der Waals surface area contributed by atoms with Crippen LogP contribution in [0.15, 0.2) is 30.3 Å². The lowest BCUT2D eigenvalue weighted by Crippen LogP contribution is -2.08. The van der Waals surface area contributed by atoms with Crippen LogP contribution in [0.1, 0.15) is 27.3 Å². The van der Waals surface area contributed by atoms with Crippen molar-refractivity contribution >= 4 is 5.78 Å². The molecule has 0 saturated heterocycles. The molecule has 0 atom stereocenters. The summed E-state index contributed by atoms with van der Waals surface area (Å²) >= 11 is 0. The molecule has 3 nitrogen and oxygen atoms in total. The second-order valence-electron chi connectivity index (χ2n) is 4.21. The van der Waals surface area contributed by atoms with Gasteiger partial charge in [0.1, 0.15) is 5.82 Å². The zero-order valence-corrected chi connectivity index (χ0v) is 10.3. The van der Waals surface area contributed by atoms with Gasteiger partial charge in [-0.2, -0.15) is 10.2 Å². The van der Waals surface area contributed by atoms with Crippen molar-refractivity contribution < 1.29 is 9.18 Å². The van der Waals surface area contributed by atoms with Gasteiger partial charge < -0.3 is 0 Å². The normalized spacial score (nSPS) is 10.4. The van der Waals surface area contributed by atoms with Crippen molar-refractivity contribution in [1.82, 2.24) is 10.2 Å². The van der Waals surface area contributed by atoms with Crippen molar-refractivity contribution in [3.05, 3.63) is 58.7 Å². The molecule has 4 heteroatoms. The Bertz CT molecular complexity index is 579. The molecule has 0 spiro atoms. The molecule has 0 aliphatic carbocycles. The van der Waals surface area contributed by atoms with E-state index < -0.39 is 0 Å². The largest absolute Gasteiger partial charge is 0.294 e. The zero-order valence-electron chi connectivity index (χ0n) is 10.3. The molecule has 1 heterocycles. The van der Waals surface area contributed by atoms with Gasteiger partial charge in [-0.1, -0.05) is 12.1 Å². The predicted octanol–water partition coefficient (Wildman–Crippen LogP) is 2.66. The highest BCUT2D eigenvalue weighted by Gasteiger charge is 2.11. The molecule has 2 aromatic rings. The minimum absolute atomic E-state index is 0.0305. The average Bonchev–Trinajstić information content (AvgIpc) is 2.35. The molecule has 0 aliphatic rings. The van der Waals surface area contributed by atoms with Crippen LogP contribution in [0.4, 0.5) is 4.39 Å². The van der Waals surface area contributed by atoms with E-state index in [1.165, 1.54) is 12.1 Å². The standard InChI is InChI=1S/C14H13FN2O/c1-9-7-13(10(2)17-16-9)14(18)8-11-3-5-12(15)6-4-11/h3-7H,8H2,1-2H3. The molecule has 1 aromatic heterocycles. The summed E-state index contributed by atoms with van der Waals surface area (Å²) in [5.41, 5.74) is 2.69. The van der Waals surface area contributed by atoms with E-state index in [9.17, 15) is 9.18 Å². The Kier molecular flexibility index (Phi) is 3.46. The second-order valence-corrected chi connectivity index (χ2v) is 4.21. The van der Waals surface area contributed by atoms with E-state index in [0.717, 1.165) is 5.56 Å². The molecule has 92 valence electrons. The van der Waals surface area contributed by atoms with Crippen molar-refractivity contribution in [2.45, 2.75) is 20.3 Å². The van der Waals surface area contributed by atoms with Crippen LogP contribution in [0.3, 0.4) is 0 Å². The summed E-state index contributed by atoms with van der Waals surface area (Å²) in [6, 6.07) is 7.67. The van der Waals surface area contributed by atoms with Crippen molar-refractivity contribution in [2.75, 3.05) is 0 Å². The maximum absolute atomic E-state index is 12.8. The van der Waals surface area contributed by atoms with E-state index in [0.29, 0.717) is 17.0 Å². The first-order valence-electron chi connectivity index (χ1n) is 5.65. The lowest BCUT2D eigenvalue weighted by Gasteiger charge is -2.04. The number of benzene rings is 1. The van der Waals surface area contributed by atoms with Crippen LogP contribution in [-0.2, 0) is 6.42 Å². The van der Waals surface area contributed by atoms with E-state index in [1.54, 1.807) is 32.0 Å². The lowest BCUT2D eigenvalue weighted by atomic mass is 10.0. The van der Waals surface area contributed by atoms with Crippen LogP contribution in [0.2, 0.25) is 0 Å². The number of carbonyl (C=O) groups excluding carboxylic acids is 1. The summed E-state index contributed by atoms with van der Waals surface area (Å²) in [5, 5.41) is 7.81. The molecule has 0 saturated carbocycles. The highest BCUT2D eigenvalue weighted by atomic mass is 19.1. The smallest absolute Gasteiger partial charge is 0.169 e. The quantitative estimate of drug-likeness (QED) is 0.779. The van der Waals surface area contributed by atoms with Gasteiger partial charge in [-0.05, 0) is 37.6 Å². The molecule has 0 radical (unpaired) electrons. The monoisotopic (exact) mass is 244 g/mol. The Labute approximate surface area is 105 Å². The molecular weight excluding hydrogens is 231 g/mol. The van der Waals surface area contributed by atoms with E-state index in [4.69, 9.17) is 0 Å². The molecular formula is C14H13FN2O. The minimum Gasteiger partial charge on any atom is -0.294 e. The Hall–Kier alpha value is -2.10. The van der Waals surface area contributed by atoms with E-state index in [2.05, 4.69) is 10.2 Å². The fourth-order valence-corrected chi connectivity index (χ4v) is 1.72. The van der Waals surface area contributed by atoms with Crippen molar-refractivity contribution in [2.24, 2.45) is 0 Å². The number of aryl methyl sites for hydroxylation is 2. The molecule has 0 N–H and O–H groups in total. The number of Topliss-reactive ketones (excluding diaryl/α,β-unsaturated/α-hetero) is 1. The third-order valence-corrected chi connectivity index (χ3v) is 2.68. The second kappa shape index (κ2) is 5.04. The van der Waals surface area contributed by atoms with Crippen LogP contribution >= 0.6 is 0 Å². The Morgan fingerprint density at radius 1 is 1.17 bits per heavy atom. The fraction of sp³-hybridized carbons (Fsp3) is 0.214. The Morgan fingerprint density at radius 2 is 1.83 bits per heavy atom. The molecule has 1 aromatic carbocycles. The van der Waals surface area contributed by atoms with Gasteiger partial charge in [-0.15, -0.1) is 0 Å². The zero-order chi connectivity index (χ0) is 13.1. The third-order valence-electron chi connectivity index (χ3n) is 2.68. The SMILES string of the molecule is Cc1cc(C(=O)Cc2ccc(F)cc2)c(C)nn1. The van der Waals surface area contributed by atoms with Crippen molar-refractivity contribution in [3.8, 4) is 0 Å². The number of aromatic nitrogens is 2. The van der Waals surface area contributed by atoms with Gasteiger partial charge >= 0.3 is 0 Å². The van der Waals surface area contributed by atoms with Crippen LogP contribution in [0, 0.1) is 19.7 Å². The number of carbonyl (C=O) groups is 1. The summed E-state index contributed by atoms with van der Waals surface area (Å²) < 4.78 is 12.8. The first kappa shape index (κ1) is 12.4. The van der Waals surface area contributed by atoms with Gasteiger partial charge in [0.25, 0.3) is 0 Å². The summed E-state index contributed by atoms with van der Waals surface area (Å²) in [6.07, 6.45) is 0.242. The van der Waals surface area contributed by atoms with Crippen LogP contribution in [0.5, 0.6) is 0 Å². The molecule has 2 rings (SSSR count). The molecule has 0 aliphatic heterocycles. The Balaban J connectivity index is 2.21. The van der Waals surface area contributed by atoms with Crippen molar-refractivity contribution in [3.63, 3.8) is 0 Å². The van der Waals surface area contributed by atoms with E-state index in [-0.39, 0.29) is 18.0 Å². The maximum atomic E-state index is 12.8. The van der Waals surface area contributed by atoms with Gasteiger partial charge in [-0.3, -0.25) is 4.79 Å². The van der Waals surface area contributed by atoms with Gasteiger partial charge in [0.2, 0.25) is 0 Å². The topological polar surface area (TPSA) is 42.9 Å². The van der Waals surface area contributed by atoms with Gasteiger partial charge in [-0.25, -0.2) is 4.39 Å². The van der Waals surface area contributed by atoms with Crippen molar-refractivity contribution in [1.29, 1.82) is 0 Å². The molecule has 0 fully saturated rings. The summed E-state index contributed by atoms with van der Waals surface area (Å²) in [7, 11) is 0. The molecule has 18 heavy (non-hydrogen) atoms. The lowest BCUT2D eigenvalue weighted by molar-refractivity contribution is 0.0991. The third kappa shape index (κ3) is 2.77. The Morgan fingerprint density at radius 3 is 2.50 bits per heavy atom. The fourth-order valence-electron chi connectivity index (χ4n) is 1.72. The molecule has 0 bridgehead atoms. The summed E-state index contributed by atoms with van der Waals surface area (Å²) in [5.74, 6) is -0.332. The average molecular weight is 244 g/mol. The number of hydrogen-bond donors (Lipinski definition) is 0. The van der Waals surface area contributed by atoms with Gasteiger partial charge in [0, 0.05) is 12.0 Å². The highest BCUT2D eigenvalue weighted by molar-refractivity contribution is 5.98. The number of ketones is 1. The van der Waals surface area contributed by atoms with Gasteiger partial charge in [0.15, 0.2) is 5.78 Å². The number of nitrogens with zero attached hydrogens (tertiary/aromatic N) is 2. The number of halogens is 1. The number of rotatable bonds is 3.